The average Bonchev–Trinajstić information content (AvgIpc) is 3.58. The Kier molecular flexibility index (Phi) is 9.47. The largest absolute Gasteiger partial charge is 0.396 e. The zero-order valence-corrected chi connectivity index (χ0v) is 25.9. The van der Waals surface area contributed by atoms with Crippen molar-refractivity contribution >= 4 is 29.5 Å². The number of aliphatic hydroxyl groups excluding tert-OH is 1. The summed E-state index contributed by atoms with van der Waals surface area (Å²) in [5, 5.41) is 9.50. The smallest absolute Gasteiger partial charge is 0.247 e. The standard InChI is InChI=1S/C35H43N3O4S/c1-4-20-36(24-26-14-8-6-9-15-26)31(40)28-29-32(41)38(22-12-13-23-39)30(35(29)19-18-34(28,3)43-35)33(42)37(21-5-2)25-27-16-10-7-11-17-27/h4-11,14-17,28-30,39H,1-2,12-13,18-25H2,3H3/t28-,29-,30?,34+,35?/m0/s1. The van der Waals surface area contributed by atoms with Crippen molar-refractivity contribution < 1.29 is 19.5 Å². The first-order chi connectivity index (χ1) is 20.8. The molecule has 2 unspecified atom stereocenters. The Morgan fingerprint density at radius 3 is 2.02 bits per heavy atom. The maximum absolute atomic E-state index is 14.6. The lowest BCUT2D eigenvalue weighted by Crippen LogP contribution is -2.55. The number of amides is 3. The highest BCUT2D eigenvalue weighted by molar-refractivity contribution is 8.02. The SMILES string of the molecule is C=CCN(Cc1ccccc1)C(=O)C1N(CCCCO)C(=O)[C@@H]2[C@@H](C(=O)N(CC=C)Cc3ccccc3)[C@@]3(C)CCC12S3. The summed E-state index contributed by atoms with van der Waals surface area (Å²) < 4.78 is -1.14. The highest BCUT2D eigenvalue weighted by atomic mass is 32.2. The van der Waals surface area contributed by atoms with E-state index >= 15 is 0 Å². The second-order valence-corrected chi connectivity index (χ2v) is 14.1. The van der Waals surface area contributed by atoms with Gasteiger partial charge in [0.25, 0.3) is 0 Å². The number of likely N-dealkylation sites (tertiary alicyclic amines) is 1. The fourth-order valence-corrected chi connectivity index (χ4v) is 9.81. The minimum Gasteiger partial charge on any atom is -0.396 e. The minimum atomic E-state index is -0.689. The molecular formula is C35H43N3O4S. The van der Waals surface area contributed by atoms with Crippen LogP contribution in [0.25, 0.3) is 0 Å². The van der Waals surface area contributed by atoms with E-state index in [0.717, 1.165) is 17.5 Å². The van der Waals surface area contributed by atoms with Crippen molar-refractivity contribution in [2.24, 2.45) is 11.8 Å². The number of rotatable bonds is 14. The number of hydrogen-bond acceptors (Lipinski definition) is 5. The van der Waals surface area contributed by atoms with E-state index in [0.29, 0.717) is 52.0 Å². The summed E-state index contributed by atoms with van der Waals surface area (Å²) in [7, 11) is 0. The molecule has 1 spiro atoms. The number of nitrogens with zero attached hydrogens (tertiary/aromatic N) is 3. The number of unbranched alkanes of at least 4 members (excludes halogenated alkanes) is 1. The van der Waals surface area contributed by atoms with Gasteiger partial charge in [-0.15, -0.1) is 24.9 Å². The van der Waals surface area contributed by atoms with Gasteiger partial charge in [0, 0.05) is 44.1 Å². The van der Waals surface area contributed by atoms with Gasteiger partial charge in [-0.25, -0.2) is 0 Å². The van der Waals surface area contributed by atoms with Crippen LogP contribution in [0.15, 0.2) is 86.0 Å². The summed E-state index contributed by atoms with van der Waals surface area (Å²) >= 11 is 1.70. The van der Waals surface area contributed by atoms with Gasteiger partial charge in [0.2, 0.25) is 17.7 Å². The molecule has 228 valence electrons. The van der Waals surface area contributed by atoms with E-state index in [4.69, 9.17) is 0 Å². The van der Waals surface area contributed by atoms with Crippen molar-refractivity contribution in [3.63, 3.8) is 0 Å². The fourth-order valence-electron chi connectivity index (χ4n) is 7.47. The molecule has 0 aliphatic carbocycles. The van der Waals surface area contributed by atoms with Crippen molar-refractivity contribution in [2.75, 3.05) is 26.2 Å². The molecule has 0 radical (unpaired) electrons. The highest BCUT2D eigenvalue weighted by Gasteiger charge is 2.77. The average molecular weight is 602 g/mol. The predicted molar refractivity (Wildman–Crippen MR) is 171 cm³/mol. The number of thioether (sulfide) groups is 1. The zero-order chi connectivity index (χ0) is 30.6. The first-order valence-electron chi connectivity index (χ1n) is 15.3. The maximum Gasteiger partial charge on any atom is 0.247 e. The Morgan fingerprint density at radius 1 is 0.930 bits per heavy atom. The van der Waals surface area contributed by atoms with Gasteiger partial charge >= 0.3 is 0 Å². The lowest BCUT2D eigenvalue weighted by Gasteiger charge is -2.38. The topological polar surface area (TPSA) is 81.2 Å². The molecule has 3 aliphatic heterocycles. The van der Waals surface area contributed by atoms with E-state index in [2.05, 4.69) is 20.1 Å². The van der Waals surface area contributed by atoms with Crippen LogP contribution in [0.3, 0.4) is 0 Å². The Labute approximate surface area is 259 Å². The van der Waals surface area contributed by atoms with Gasteiger partial charge in [0.15, 0.2) is 0 Å². The predicted octanol–water partition coefficient (Wildman–Crippen LogP) is 4.67. The second kappa shape index (κ2) is 13.1. The molecule has 8 heteroatoms. The van der Waals surface area contributed by atoms with Gasteiger partial charge in [-0.2, -0.15) is 0 Å². The number of carbonyl (C=O) groups is 3. The molecule has 3 aliphatic rings. The Morgan fingerprint density at radius 2 is 1.49 bits per heavy atom. The molecule has 5 atom stereocenters. The van der Waals surface area contributed by atoms with E-state index < -0.39 is 27.4 Å². The van der Waals surface area contributed by atoms with Crippen LogP contribution in [0, 0.1) is 11.8 Å². The molecule has 3 fully saturated rings. The van der Waals surface area contributed by atoms with Crippen LogP contribution in [-0.4, -0.2) is 79.3 Å². The second-order valence-electron chi connectivity index (χ2n) is 12.2. The molecule has 43 heavy (non-hydrogen) atoms. The molecule has 0 aromatic heterocycles. The van der Waals surface area contributed by atoms with Crippen molar-refractivity contribution in [3.05, 3.63) is 97.1 Å². The van der Waals surface area contributed by atoms with E-state index in [1.807, 2.05) is 65.6 Å². The van der Waals surface area contributed by atoms with E-state index in [1.165, 1.54) is 0 Å². The van der Waals surface area contributed by atoms with Crippen LogP contribution < -0.4 is 0 Å². The van der Waals surface area contributed by atoms with Gasteiger partial charge in [0.1, 0.15) is 6.04 Å². The number of carbonyl (C=O) groups excluding carboxylic acids is 3. The van der Waals surface area contributed by atoms with Gasteiger partial charge in [-0.3, -0.25) is 14.4 Å². The van der Waals surface area contributed by atoms with Crippen molar-refractivity contribution in [1.29, 1.82) is 0 Å². The molecule has 5 rings (SSSR count). The van der Waals surface area contributed by atoms with E-state index in [-0.39, 0.29) is 24.3 Å². The van der Waals surface area contributed by atoms with Crippen LogP contribution in [0.4, 0.5) is 0 Å². The molecule has 3 saturated heterocycles. The number of aliphatic hydroxyl groups is 1. The zero-order valence-electron chi connectivity index (χ0n) is 25.1. The van der Waals surface area contributed by atoms with E-state index in [1.54, 1.807) is 33.7 Å². The molecule has 1 N–H and O–H groups in total. The Hall–Kier alpha value is -3.36. The molecule has 3 heterocycles. The third kappa shape index (κ3) is 5.79. The molecule has 2 aromatic carbocycles. The Balaban J connectivity index is 1.51. The summed E-state index contributed by atoms with van der Waals surface area (Å²) in [5.41, 5.74) is 2.03. The van der Waals surface area contributed by atoms with Gasteiger partial charge < -0.3 is 19.8 Å². The molecule has 7 nitrogen and oxygen atoms in total. The highest BCUT2D eigenvalue weighted by Crippen LogP contribution is 2.71. The summed E-state index contributed by atoms with van der Waals surface area (Å²) in [6, 6.07) is 19.0. The molecule has 0 saturated carbocycles. The van der Waals surface area contributed by atoms with Crippen LogP contribution in [0.5, 0.6) is 0 Å². The van der Waals surface area contributed by atoms with Crippen LogP contribution in [0.1, 0.15) is 43.7 Å². The van der Waals surface area contributed by atoms with Gasteiger partial charge in [-0.05, 0) is 43.7 Å². The molecule has 2 aromatic rings. The molecular weight excluding hydrogens is 558 g/mol. The van der Waals surface area contributed by atoms with Crippen molar-refractivity contribution in [2.45, 2.75) is 61.2 Å². The van der Waals surface area contributed by atoms with Crippen molar-refractivity contribution in [3.8, 4) is 0 Å². The van der Waals surface area contributed by atoms with Crippen LogP contribution in [0.2, 0.25) is 0 Å². The van der Waals surface area contributed by atoms with Crippen molar-refractivity contribution in [1.82, 2.24) is 14.7 Å². The molecule has 3 amide bonds. The Bertz CT molecular complexity index is 1340. The summed E-state index contributed by atoms with van der Waals surface area (Å²) in [5.74, 6) is -1.38. The normalized spacial score (nSPS) is 27.2. The third-order valence-electron chi connectivity index (χ3n) is 9.34. The number of hydrogen-bond donors (Lipinski definition) is 1. The fraction of sp³-hybridized carbons (Fsp3) is 0.457. The number of benzene rings is 2. The monoisotopic (exact) mass is 601 g/mol. The van der Waals surface area contributed by atoms with Gasteiger partial charge in [0.05, 0.1) is 16.6 Å². The van der Waals surface area contributed by atoms with Crippen LogP contribution in [-0.2, 0) is 27.5 Å². The lowest BCUT2D eigenvalue weighted by molar-refractivity contribution is -0.146. The molecule has 2 bridgehead atoms. The number of fused-ring (bicyclic) bond motifs is 1. The third-order valence-corrected chi connectivity index (χ3v) is 11.3. The first-order valence-corrected chi connectivity index (χ1v) is 16.1. The maximum atomic E-state index is 14.6. The van der Waals surface area contributed by atoms with E-state index in [9.17, 15) is 19.5 Å². The summed E-state index contributed by atoms with van der Waals surface area (Å²) in [4.78, 5) is 49.0. The lowest BCUT2D eigenvalue weighted by atomic mass is 9.66. The summed E-state index contributed by atoms with van der Waals surface area (Å²) in [6.45, 7) is 11.9. The minimum absolute atomic E-state index is 0.0236. The van der Waals surface area contributed by atoms with Gasteiger partial charge in [-0.1, -0.05) is 72.8 Å². The summed E-state index contributed by atoms with van der Waals surface area (Å²) in [6.07, 6.45) is 6.06. The first kappa shape index (κ1) is 31.1. The quantitative estimate of drug-likeness (QED) is 0.252. The van der Waals surface area contributed by atoms with Crippen LogP contribution >= 0.6 is 11.8 Å².